The van der Waals surface area contributed by atoms with E-state index in [1.54, 1.807) is 10.9 Å². The van der Waals surface area contributed by atoms with Crippen LogP contribution in [0.4, 0.5) is 0 Å². The van der Waals surface area contributed by atoms with Gasteiger partial charge in [0.2, 0.25) is 0 Å². The van der Waals surface area contributed by atoms with Crippen LogP contribution in [0.1, 0.15) is 25.8 Å². The summed E-state index contributed by atoms with van der Waals surface area (Å²) in [5, 5.41) is 13.6. The first-order chi connectivity index (χ1) is 5.11. The zero-order valence-corrected chi connectivity index (χ0v) is 7.15. The molecule has 1 aromatic heterocycles. The molecule has 0 bridgehead atoms. The fourth-order valence-corrected chi connectivity index (χ4v) is 0.886. The number of aromatic nitrogens is 2. The largest absolute Gasteiger partial charge is 0.371 e. The summed E-state index contributed by atoms with van der Waals surface area (Å²) < 4.78 is 1.58. The Morgan fingerprint density at radius 1 is 1.55 bits per heavy atom. The van der Waals surface area contributed by atoms with Crippen molar-refractivity contribution in [3.05, 3.63) is 18.0 Å². The minimum atomic E-state index is -0.497. The van der Waals surface area contributed by atoms with E-state index in [-0.39, 0.29) is 5.92 Å². The Labute approximate surface area is 66.7 Å². The number of hydrogen-bond acceptors (Lipinski definition) is 2. The molecular weight excluding hydrogens is 140 g/mol. The smallest absolute Gasteiger partial charge is 0.149 e. The molecule has 1 atom stereocenters. The van der Waals surface area contributed by atoms with Gasteiger partial charge in [-0.15, -0.1) is 0 Å². The van der Waals surface area contributed by atoms with Crippen molar-refractivity contribution in [1.29, 1.82) is 0 Å². The van der Waals surface area contributed by atoms with Gasteiger partial charge in [-0.25, -0.2) is 4.68 Å². The summed E-state index contributed by atoms with van der Waals surface area (Å²) >= 11 is 0. The standard InChI is InChI=1S/C8H14N2O/c1-6(2)8(11)10-5-4-7(3)9-10/h4-6,8,11H,1-3H3. The minimum Gasteiger partial charge on any atom is -0.371 e. The molecule has 0 aliphatic carbocycles. The average Bonchev–Trinajstić information content (AvgIpc) is 2.34. The maximum atomic E-state index is 9.51. The van der Waals surface area contributed by atoms with Crippen LogP contribution in [0.5, 0.6) is 0 Å². The number of aryl methyl sites for hydroxylation is 1. The Kier molecular flexibility index (Phi) is 2.29. The summed E-state index contributed by atoms with van der Waals surface area (Å²) in [6.07, 6.45) is 1.30. The van der Waals surface area contributed by atoms with E-state index in [9.17, 15) is 5.11 Å². The van der Waals surface area contributed by atoms with Crippen LogP contribution in [-0.2, 0) is 0 Å². The summed E-state index contributed by atoms with van der Waals surface area (Å²) in [5.74, 6) is 0.203. The predicted octanol–water partition coefficient (Wildman–Crippen LogP) is 1.34. The molecule has 0 aliphatic heterocycles. The van der Waals surface area contributed by atoms with Gasteiger partial charge in [-0.1, -0.05) is 13.8 Å². The van der Waals surface area contributed by atoms with Gasteiger partial charge in [0.05, 0.1) is 5.69 Å². The maximum absolute atomic E-state index is 9.51. The van der Waals surface area contributed by atoms with Gasteiger partial charge in [0.25, 0.3) is 0 Å². The van der Waals surface area contributed by atoms with Crippen molar-refractivity contribution in [2.24, 2.45) is 5.92 Å². The number of hydrogen-bond donors (Lipinski definition) is 1. The van der Waals surface area contributed by atoms with Crippen LogP contribution < -0.4 is 0 Å². The average molecular weight is 154 g/mol. The van der Waals surface area contributed by atoms with Gasteiger partial charge in [-0.05, 0) is 18.9 Å². The molecule has 0 aromatic carbocycles. The van der Waals surface area contributed by atoms with Crippen LogP contribution in [-0.4, -0.2) is 14.9 Å². The van der Waals surface area contributed by atoms with Crippen LogP contribution in [0, 0.1) is 12.8 Å². The Bertz CT molecular complexity index is 230. The molecule has 0 saturated heterocycles. The second-order valence-corrected chi connectivity index (χ2v) is 3.09. The quantitative estimate of drug-likeness (QED) is 0.698. The third-order valence-electron chi connectivity index (χ3n) is 1.61. The van der Waals surface area contributed by atoms with E-state index in [0.29, 0.717) is 0 Å². The molecule has 0 amide bonds. The molecular formula is C8H14N2O. The van der Waals surface area contributed by atoms with E-state index in [1.165, 1.54) is 0 Å². The second kappa shape index (κ2) is 3.05. The SMILES string of the molecule is Cc1ccn(C(O)C(C)C)n1. The third-order valence-corrected chi connectivity index (χ3v) is 1.61. The third kappa shape index (κ3) is 1.80. The molecule has 0 fully saturated rings. The highest BCUT2D eigenvalue weighted by molar-refractivity contribution is 4.95. The van der Waals surface area contributed by atoms with E-state index in [0.717, 1.165) is 5.69 Å². The first kappa shape index (κ1) is 8.27. The van der Waals surface area contributed by atoms with Crippen LogP contribution in [0.15, 0.2) is 12.3 Å². The Balaban J connectivity index is 2.76. The lowest BCUT2D eigenvalue weighted by molar-refractivity contribution is 0.0446. The summed E-state index contributed by atoms with van der Waals surface area (Å²) in [7, 11) is 0. The number of aliphatic hydroxyl groups is 1. The van der Waals surface area contributed by atoms with Crippen LogP contribution >= 0.6 is 0 Å². The molecule has 1 aromatic rings. The van der Waals surface area contributed by atoms with Gasteiger partial charge < -0.3 is 5.11 Å². The second-order valence-electron chi connectivity index (χ2n) is 3.09. The molecule has 0 saturated carbocycles. The molecule has 3 nitrogen and oxygen atoms in total. The number of nitrogens with zero attached hydrogens (tertiary/aromatic N) is 2. The molecule has 1 unspecified atom stereocenters. The lowest BCUT2D eigenvalue weighted by Gasteiger charge is -2.14. The predicted molar refractivity (Wildman–Crippen MR) is 43.1 cm³/mol. The van der Waals surface area contributed by atoms with Gasteiger partial charge in [0.1, 0.15) is 6.23 Å². The van der Waals surface area contributed by atoms with E-state index in [2.05, 4.69) is 5.10 Å². The van der Waals surface area contributed by atoms with Crippen LogP contribution in [0.2, 0.25) is 0 Å². The zero-order valence-electron chi connectivity index (χ0n) is 7.15. The van der Waals surface area contributed by atoms with Gasteiger partial charge in [-0.3, -0.25) is 0 Å². The lowest BCUT2D eigenvalue weighted by atomic mass is 10.2. The van der Waals surface area contributed by atoms with Crippen molar-refractivity contribution < 1.29 is 5.11 Å². The highest BCUT2D eigenvalue weighted by Gasteiger charge is 2.10. The van der Waals surface area contributed by atoms with Gasteiger partial charge in [-0.2, -0.15) is 5.10 Å². The molecule has 0 aliphatic rings. The van der Waals surface area contributed by atoms with E-state index in [4.69, 9.17) is 0 Å². The lowest BCUT2D eigenvalue weighted by Crippen LogP contribution is -2.14. The summed E-state index contributed by atoms with van der Waals surface area (Å²) in [6, 6.07) is 1.88. The van der Waals surface area contributed by atoms with E-state index >= 15 is 0 Å². The highest BCUT2D eigenvalue weighted by atomic mass is 16.3. The Morgan fingerprint density at radius 3 is 2.55 bits per heavy atom. The first-order valence-corrected chi connectivity index (χ1v) is 3.81. The van der Waals surface area contributed by atoms with Crippen molar-refractivity contribution in [3.63, 3.8) is 0 Å². The van der Waals surface area contributed by atoms with Gasteiger partial charge >= 0.3 is 0 Å². The van der Waals surface area contributed by atoms with Crippen LogP contribution in [0.3, 0.4) is 0 Å². The van der Waals surface area contributed by atoms with Crippen LogP contribution in [0.25, 0.3) is 0 Å². The number of aliphatic hydroxyl groups excluding tert-OH is 1. The van der Waals surface area contributed by atoms with Crippen molar-refractivity contribution in [3.8, 4) is 0 Å². The number of rotatable bonds is 2. The first-order valence-electron chi connectivity index (χ1n) is 3.81. The monoisotopic (exact) mass is 154 g/mol. The zero-order chi connectivity index (χ0) is 8.43. The van der Waals surface area contributed by atoms with Crippen molar-refractivity contribution in [1.82, 2.24) is 9.78 Å². The molecule has 0 spiro atoms. The van der Waals surface area contributed by atoms with Crippen molar-refractivity contribution >= 4 is 0 Å². The van der Waals surface area contributed by atoms with Crippen molar-refractivity contribution in [2.75, 3.05) is 0 Å². The molecule has 0 radical (unpaired) electrons. The molecule has 3 heteroatoms. The normalized spacial score (nSPS) is 13.9. The highest BCUT2D eigenvalue weighted by Crippen LogP contribution is 2.12. The molecule has 11 heavy (non-hydrogen) atoms. The van der Waals surface area contributed by atoms with Gasteiger partial charge in [0.15, 0.2) is 0 Å². The maximum Gasteiger partial charge on any atom is 0.149 e. The Hall–Kier alpha value is -0.830. The topological polar surface area (TPSA) is 38.0 Å². The fraction of sp³-hybridized carbons (Fsp3) is 0.625. The molecule has 1 N–H and O–H groups in total. The van der Waals surface area contributed by atoms with Crippen molar-refractivity contribution in [2.45, 2.75) is 27.0 Å². The summed E-state index contributed by atoms with van der Waals surface area (Å²) in [6.45, 7) is 5.83. The van der Waals surface area contributed by atoms with Gasteiger partial charge in [0, 0.05) is 6.20 Å². The summed E-state index contributed by atoms with van der Waals surface area (Å²) in [5.41, 5.74) is 0.935. The Morgan fingerprint density at radius 2 is 2.18 bits per heavy atom. The molecule has 1 rings (SSSR count). The fourth-order valence-electron chi connectivity index (χ4n) is 0.886. The van der Waals surface area contributed by atoms with E-state index in [1.807, 2.05) is 26.8 Å². The van der Waals surface area contributed by atoms with E-state index < -0.39 is 6.23 Å². The summed E-state index contributed by atoms with van der Waals surface area (Å²) in [4.78, 5) is 0. The minimum absolute atomic E-state index is 0.203. The molecule has 1 heterocycles. The molecule has 62 valence electrons.